The number of fused-ring (bicyclic) bond motifs is 1. The highest BCUT2D eigenvalue weighted by Gasteiger charge is 2.28. The van der Waals surface area contributed by atoms with Crippen LogP contribution >= 0.6 is 0 Å². The zero-order chi connectivity index (χ0) is 22.2. The average Bonchev–Trinajstić information content (AvgIpc) is 3.23. The molecule has 2 aromatic carbocycles. The minimum absolute atomic E-state index is 0.0411. The van der Waals surface area contributed by atoms with Gasteiger partial charge in [0, 0.05) is 43.1 Å². The third kappa shape index (κ3) is 3.60. The Balaban J connectivity index is 1.39. The number of hydrogen-bond acceptors (Lipinski definition) is 5. The number of nitrogens with zero attached hydrogens (tertiary/aromatic N) is 6. The topological polar surface area (TPSA) is 67.2 Å². The van der Waals surface area contributed by atoms with E-state index < -0.39 is 0 Å². The van der Waals surface area contributed by atoms with Crippen LogP contribution in [0.2, 0.25) is 0 Å². The maximum Gasteiger partial charge on any atom is 0.254 e. The molecule has 162 valence electrons. The molecule has 4 aromatic rings. The molecular weight excluding hydrogens is 400 g/mol. The van der Waals surface area contributed by atoms with Crippen molar-refractivity contribution < 1.29 is 4.79 Å². The molecule has 1 aliphatic heterocycles. The van der Waals surface area contributed by atoms with E-state index in [0.29, 0.717) is 24.3 Å². The standard InChI is InChI=1S/C25H26N6O/c1-17-6-4-7-21(14-17)30-13-12-29(16-19(30)3)25(32)20-10-9-18(2)23(15-20)31-24-22(27-28-31)8-5-11-26-24/h4-11,14-15,19H,12-13,16H2,1-3H3/t19-/m1/s1. The summed E-state index contributed by atoms with van der Waals surface area (Å²) in [7, 11) is 0. The van der Waals surface area contributed by atoms with E-state index in [1.54, 1.807) is 10.9 Å². The molecular formula is C25H26N6O. The van der Waals surface area contributed by atoms with E-state index in [0.717, 1.165) is 23.3 Å². The van der Waals surface area contributed by atoms with Crippen molar-refractivity contribution in [3.63, 3.8) is 0 Å². The summed E-state index contributed by atoms with van der Waals surface area (Å²) >= 11 is 0. The molecule has 7 heteroatoms. The molecule has 2 aromatic heterocycles. The lowest BCUT2D eigenvalue weighted by Crippen LogP contribution is -2.53. The second-order valence-corrected chi connectivity index (χ2v) is 8.48. The first-order valence-electron chi connectivity index (χ1n) is 10.9. The Labute approximate surface area is 187 Å². The summed E-state index contributed by atoms with van der Waals surface area (Å²) < 4.78 is 1.71. The first-order chi connectivity index (χ1) is 15.5. The van der Waals surface area contributed by atoms with Gasteiger partial charge in [-0.05, 0) is 68.3 Å². The molecule has 3 heterocycles. The van der Waals surface area contributed by atoms with Crippen LogP contribution in [0.15, 0.2) is 60.8 Å². The molecule has 0 bridgehead atoms. The molecule has 1 atom stereocenters. The molecule has 0 radical (unpaired) electrons. The van der Waals surface area contributed by atoms with Crippen LogP contribution in [-0.4, -0.2) is 56.5 Å². The highest BCUT2D eigenvalue weighted by molar-refractivity contribution is 5.95. The van der Waals surface area contributed by atoms with Crippen molar-refractivity contribution in [3.05, 3.63) is 77.5 Å². The summed E-state index contributed by atoms with van der Waals surface area (Å²) in [6.07, 6.45) is 1.72. The van der Waals surface area contributed by atoms with E-state index in [1.165, 1.54) is 11.3 Å². The fourth-order valence-corrected chi connectivity index (χ4v) is 4.41. The summed E-state index contributed by atoms with van der Waals surface area (Å²) in [5.74, 6) is 0.0411. The van der Waals surface area contributed by atoms with E-state index in [-0.39, 0.29) is 11.9 Å². The monoisotopic (exact) mass is 426 g/mol. The van der Waals surface area contributed by atoms with Gasteiger partial charge in [-0.25, -0.2) is 4.98 Å². The number of piperazine rings is 1. The summed E-state index contributed by atoms with van der Waals surface area (Å²) in [6, 6.07) is 18.3. The molecule has 0 aliphatic carbocycles. The lowest BCUT2D eigenvalue weighted by molar-refractivity contribution is 0.0726. The van der Waals surface area contributed by atoms with Crippen LogP contribution < -0.4 is 4.90 Å². The normalized spacial score (nSPS) is 16.5. The summed E-state index contributed by atoms with van der Waals surface area (Å²) in [6.45, 7) is 8.47. The van der Waals surface area contributed by atoms with Crippen LogP contribution in [0.3, 0.4) is 0 Å². The Hall–Kier alpha value is -3.74. The highest BCUT2D eigenvalue weighted by atomic mass is 16.2. The van der Waals surface area contributed by atoms with Gasteiger partial charge in [0.15, 0.2) is 5.65 Å². The van der Waals surface area contributed by atoms with Gasteiger partial charge in [-0.15, -0.1) is 5.10 Å². The SMILES string of the molecule is Cc1cccc(N2CCN(C(=O)c3ccc(C)c(-n4nnc5cccnc54)c3)C[C@H]2C)c1. The van der Waals surface area contributed by atoms with Gasteiger partial charge in [-0.3, -0.25) is 4.79 Å². The smallest absolute Gasteiger partial charge is 0.254 e. The van der Waals surface area contributed by atoms with Gasteiger partial charge in [0.1, 0.15) is 5.52 Å². The van der Waals surface area contributed by atoms with Crippen LogP contribution in [0.5, 0.6) is 0 Å². The van der Waals surface area contributed by atoms with Gasteiger partial charge < -0.3 is 9.80 Å². The summed E-state index contributed by atoms with van der Waals surface area (Å²) in [5, 5.41) is 8.48. The Kier molecular flexibility index (Phi) is 5.09. The van der Waals surface area contributed by atoms with Crippen LogP contribution in [-0.2, 0) is 0 Å². The quantitative estimate of drug-likeness (QED) is 0.499. The van der Waals surface area contributed by atoms with E-state index in [9.17, 15) is 4.79 Å². The summed E-state index contributed by atoms with van der Waals surface area (Å²) in [4.78, 5) is 22.1. The van der Waals surface area contributed by atoms with E-state index >= 15 is 0 Å². The minimum Gasteiger partial charge on any atom is -0.365 e. The van der Waals surface area contributed by atoms with Crippen molar-refractivity contribution in [1.29, 1.82) is 0 Å². The van der Waals surface area contributed by atoms with Crippen molar-refractivity contribution >= 4 is 22.8 Å². The number of aromatic nitrogens is 4. The molecule has 32 heavy (non-hydrogen) atoms. The Morgan fingerprint density at radius 1 is 1.03 bits per heavy atom. The number of rotatable bonds is 3. The third-order valence-corrected chi connectivity index (χ3v) is 6.14. The fourth-order valence-electron chi connectivity index (χ4n) is 4.41. The molecule has 0 spiro atoms. The Morgan fingerprint density at radius 3 is 2.72 bits per heavy atom. The van der Waals surface area contributed by atoms with Crippen LogP contribution in [0, 0.1) is 13.8 Å². The fraction of sp³-hybridized carbons (Fsp3) is 0.280. The number of amides is 1. The van der Waals surface area contributed by atoms with Crippen molar-refractivity contribution in [1.82, 2.24) is 24.9 Å². The maximum absolute atomic E-state index is 13.4. The maximum atomic E-state index is 13.4. The van der Waals surface area contributed by atoms with Gasteiger partial charge >= 0.3 is 0 Å². The molecule has 1 fully saturated rings. The number of pyridine rings is 1. The number of aryl methyl sites for hydroxylation is 2. The molecule has 0 saturated carbocycles. The second-order valence-electron chi connectivity index (χ2n) is 8.48. The van der Waals surface area contributed by atoms with Crippen molar-refractivity contribution in [2.24, 2.45) is 0 Å². The lowest BCUT2D eigenvalue weighted by atomic mass is 10.1. The Morgan fingerprint density at radius 2 is 1.91 bits per heavy atom. The largest absolute Gasteiger partial charge is 0.365 e. The first-order valence-corrected chi connectivity index (χ1v) is 10.9. The molecule has 5 rings (SSSR count). The van der Waals surface area contributed by atoms with E-state index in [2.05, 4.69) is 58.3 Å². The Bertz CT molecular complexity index is 1300. The third-order valence-electron chi connectivity index (χ3n) is 6.14. The van der Waals surface area contributed by atoms with E-state index in [1.807, 2.05) is 42.2 Å². The number of carbonyl (C=O) groups is 1. The van der Waals surface area contributed by atoms with Crippen molar-refractivity contribution in [3.8, 4) is 5.69 Å². The van der Waals surface area contributed by atoms with Crippen LogP contribution in [0.4, 0.5) is 5.69 Å². The minimum atomic E-state index is 0.0411. The second kappa shape index (κ2) is 8.07. The van der Waals surface area contributed by atoms with Gasteiger partial charge in [0.2, 0.25) is 0 Å². The molecule has 1 amide bonds. The number of carbonyl (C=O) groups excluding carboxylic acids is 1. The summed E-state index contributed by atoms with van der Waals surface area (Å²) in [5.41, 5.74) is 6.36. The van der Waals surface area contributed by atoms with Crippen molar-refractivity contribution in [2.75, 3.05) is 24.5 Å². The van der Waals surface area contributed by atoms with Gasteiger partial charge in [0.05, 0.1) is 5.69 Å². The van der Waals surface area contributed by atoms with Crippen molar-refractivity contribution in [2.45, 2.75) is 26.8 Å². The predicted octanol–water partition coefficient (Wildman–Crippen LogP) is 3.78. The first kappa shape index (κ1) is 20.2. The van der Waals surface area contributed by atoms with Crippen LogP contribution in [0.1, 0.15) is 28.4 Å². The number of hydrogen-bond donors (Lipinski definition) is 0. The average molecular weight is 427 g/mol. The highest BCUT2D eigenvalue weighted by Crippen LogP contribution is 2.24. The molecule has 1 saturated heterocycles. The molecule has 7 nitrogen and oxygen atoms in total. The lowest BCUT2D eigenvalue weighted by Gasteiger charge is -2.41. The zero-order valence-corrected chi connectivity index (χ0v) is 18.6. The number of anilines is 1. The molecule has 1 aliphatic rings. The van der Waals surface area contributed by atoms with Crippen LogP contribution in [0.25, 0.3) is 16.9 Å². The predicted molar refractivity (Wildman–Crippen MR) is 125 cm³/mol. The number of benzene rings is 2. The molecule has 0 N–H and O–H groups in total. The molecule has 0 unspecified atom stereocenters. The zero-order valence-electron chi connectivity index (χ0n) is 18.6. The van der Waals surface area contributed by atoms with Gasteiger partial charge in [-0.1, -0.05) is 23.4 Å². The van der Waals surface area contributed by atoms with E-state index in [4.69, 9.17) is 0 Å². The van der Waals surface area contributed by atoms with Gasteiger partial charge in [0.25, 0.3) is 5.91 Å². The van der Waals surface area contributed by atoms with Gasteiger partial charge in [-0.2, -0.15) is 4.68 Å².